The van der Waals surface area contributed by atoms with Gasteiger partial charge in [0.2, 0.25) is 0 Å². The Morgan fingerprint density at radius 2 is 1.92 bits per heavy atom. The lowest BCUT2D eigenvalue weighted by Crippen LogP contribution is -2.29. The molecule has 0 radical (unpaired) electrons. The lowest BCUT2D eigenvalue weighted by Gasteiger charge is -2.18. The molecule has 1 amide bonds. The number of hydrogen-bond donors (Lipinski definition) is 1. The van der Waals surface area contributed by atoms with Gasteiger partial charge >= 0.3 is 0 Å². The molecule has 24 heavy (non-hydrogen) atoms. The highest BCUT2D eigenvalue weighted by atomic mass is 16.5. The van der Waals surface area contributed by atoms with Crippen LogP contribution in [0.2, 0.25) is 0 Å². The van der Waals surface area contributed by atoms with E-state index in [2.05, 4.69) is 5.32 Å². The summed E-state index contributed by atoms with van der Waals surface area (Å²) in [6.45, 7) is 7.27. The van der Waals surface area contributed by atoms with Gasteiger partial charge in [-0.3, -0.25) is 4.79 Å². The number of amides is 1. The first-order valence-corrected chi connectivity index (χ1v) is 7.89. The molecule has 0 aliphatic heterocycles. The molecule has 1 N–H and O–H groups in total. The van der Waals surface area contributed by atoms with E-state index < -0.39 is 5.91 Å². The number of nitrogens with one attached hydrogen (secondary N) is 1. The van der Waals surface area contributed by atoms with Crippen molar-refractivity contribution >= 4 is 5.91 Å². The number of methoxy groups -OCH3 is 2. The van der Waals surface area contributed by atoms with Gasteiger partial charge in [0.15, 0.2) is 11.5 Å². The first-order valence-electron chi connectivity index (χ1n) is 7.89. The van der Waals surface area contributed by atoms with Crippen molar-refractivity contribution in [2.75, 3.05) is 27.3 Å². The molecular weight excluding hydrogens is 306 g/mol. The lowest BCUT2D eigenvalue weighted by molar-refractivity contribution is -0.117. The molecule has 0 saturated heterocycles. The zero-order chi connectivity index (χ0) is 18.1. The van der Waals surface area contributed by atoms with E-state index in [0.717, 1.165) is 18.7 Å². The highest BCUT2D eigenvalue weighted by Gasteiger charge is 2.16. The average Bonchev–Trinajstić information content (AvgIpc) is 2.61. The summed E-state index contributed by atoms with van der Waals surface area (Å²) in [5, 5.41) is 12.1. The summed E-state index contributed by atoms with van der Waals surface area (Å²) < 4.78 is 10.5. The Morgan fingerprint density at radius 1 is 1.29 bits per heavy atom. The number of nitrogens with zero attached hydrogens (tertiary/aromatic N) is 2. The van der Waals surface area contributed by atoms with Crippen molar-refractivity contribution in [3.8, 4) is 17.6 Å². The maximum absolute atomic E-state index is 12.3. The SMILES string of the molecule is CCN(/C=C(/C#N)C(=O)NC(C)c1ccc(OC)c(OC)c1)CC. The predicted octanol–water partition coefficient (Wildman–Crippen LogP) is 2.63. The number of benzene rings is 1. The van der Waals surface area contributed by atoms with Gasteiger partial charge in [-0.25, -0.2) is 0 Å². The van der Waals surface area contributed by atoms with Gasteiger partial charge < -0.3 is 19.7 Å². The van der Waals surface area contributed by atoms with E-state index in [-0.39, 0.29) is 11.6 Å². The standard InChI is InChI=1S/C18H25N3O3/c1-6-21(7-2)12-15(11-19)18(22)20-13(3)14-8-9-16(23-4)17(10-14)24-5/h8-10,12-13H,6-7H2,1-5H3,(H,20,22)/b15-12-. The first kappa shape index (κ1) is 19.4. The fraction of sp³-hybridized carbons (Fsp3) is 0.444. The molecule has 0 fully saturated rings. The summed E-state index contributed by atoms with van der Waals surface area (Å²) in [5.74, 6) is 0.820. The molecule has 0 aliphatic rings. The van der Waals surface area contributed by atoms with Gasteiger partial charge in [-0.2, -0.15) is 5.26 Å². The van der Waals surface area contributed by atoms with E-state index in [1.54, 1.807) is 26.5 Å². The van der Waals surface area contributed by atoms with Gasteiger partial charge in [0.05, 0.1) is 20.3 Å². The van der Waals surface area contributed by atoms with Crippen LogP contribution < -0.4 is 14.8 Å². The van der Waals surface area contributed by atoms with Crippen LogP contribution >= 0.6 is 0 Å². The van der Waals surface area contributed by atoms with Gasteiger partial charge in [0, 0.05) is 19.3 Å². The first-order chi connectivity index (χ1) is 11.5. The highest BCUT2D eigenvalue weighted by molar-refractivity contribution is 5.97. The molecular formula is C18H25N3O3. The van der Waals surface area contributed by atoms with Crippen LogP contribution in [0.5, 0.6) is 11.5 Å². The molecule has 130 valence electrons. The van der Waals surface area contributed by atoms with Gasteiger partial charge in [0.1, 0.15) is 11.6 Å². The van der Waals surface area contributed by atoms with E-state index in [0.29, 0.717) is 11.5 Å². The third kappa shape index (κ3) is 4.92. The number of hydrogen-bond acceptors (Lipinski definition) is 5. The average molecular weight is 331 g/mol. The van der Waals surface area contributed by atoms with Crippen molar-refractivity contribution < 1.29 is 14.3 Å². The third-order valence-corrected chi connectivity index (χ3v) is 3.74. The van der Waals surface area contributed by atoms with Gasteiger partial charge in [-0.1, -0.05) is 6.07 Å². The van der Waals surface area contributed by atoms with E-state index >= 15 is 0 Å². The minimum absolute atomic E-state index is 0.0889. The van der Waals surface area contributed by atoms with Gasteiger partial charge in [-0.05, 0) is 38.5 Å². The van der Waals surface area contributed by atoms with Crippen molar-refractivity contribution in [2.45, 2.75) is 26.8 Å². The summed E-state index contributed by atoms with van der Waals surface area (Å²) in [5.41, 5.74) is 0.951. The number of rotatable bonds is 8. The molecule has 0 aliphatic carbocycles. The van der Waals surface area contributed by atoms with Crippen LogP contribution in [-0.4, -0.2) is 38.1 Å². The van der Waals surface area contributed by atoms with E-state index in [4.69, 9.17) is 9.47 Å². The molecule has 0 bridgehead atoms. The van der Waals surface area contributed by atoms with Crippen LogP contribution in [-0.2, 0) is 4.79 Å². The van der Waals surface area contributed by atoms with Crippen molar-refractivity contribution in [3.05, 3.63) is 35.5 Å². The summed E-state index contributed by atoms with van der Waals surface area (Å²) in [7, 11) is 3.13. The summed E-state index contributed by atoms with van der Waals surface area (Å²) >= 11 is 0. The summed E-state index contributed by atoms with van der Waals surface area (Å²) in [6.07, 6.45) is 1.59. The summed E-state index contributed by atoms with van der Waals surface area (Å²) in [6, 6.07) is 7.14. The molecule has 6 nitrogen and oxygen atoms in total. The largest absolute Gasteiger partial charge is 0.493 e. The maximum atomic E-state index is 12.3. The number of carbonyl (C=O) groups is 1. The van der Waals surface area contributed by atoms with Gasteiger partial charge in [0.25, 0.3) is 5.91 Å². The van der Waals surface area contributed by atoms with Crippen LogP contribution in [0, 0.1) is 11.3 Å². The molecule has 1 atom stereocenters. The third-order valence-electron chi connectivity index (χ3n) is 3.74. The topological polar surface area (TPSA) is 74.6 Å². The molecule has 0 saturated carbocycles. The van der Waals surface area contributed by atoms with Gasteiger partial charge in [-0.15, -0.1) is 0 Å². The Hall–Kier alpha value is -2.68. The smallest absolute Gasteiger partial charge is 0.263 e. The van der Waals surface area contributed by atoms with E-state index in [1.807, 2.05) is 43.9 Å². The monoisotopic (exact) mass is 331 g/mol. The van der Waals surface area contributed by atoms with Crippen molar-refractivity contribution in [2.24, 2.45) is 0 Å². The number of nitriles is 1. The van der Waals surface area contributed by atoms with Crippen molar-refractivity contribution in [3.63, 3.8) is 0 Å². The van der Waals surface area contributed by atoms with Crippen molar-refractivity contribution in [1.82, 2.24) is 10.2 Å². The molecule has 1 aromatic rings. The van der Waals surface area contributed by atoms with E-state index in [1.165, 1.54) is 0 Å². The fourth-order valence-electron chi connectivity index (χ4n) is 2.21. The highest BCUT2D eigenvalue weighted by Crippen LogP contribution is 2.29. The molecule has 6 heteroatoms. The Kier molecular flexibility index (Phi) is 7.63. The molecule has 0 heterocycles. The minimum Gasteiger partial charge on any atom is -0.493 e. The van der Waals surface area contributed by atoms with Crippen LogP contribution in [0.3, 0.4) is 0 Å². The maximum Gasteiger partial charge on any atom is 0.263 e. The Bertz CT molecular complexity index is 631. The second-order valence-corrected chi connectivity index (χ2v) is 5.19. The predicted molar refractivity (Wildman–Crippen MR) is 92.7 cm³/mol. The molecule has 0 aromatic heterocycles. The molecule has 1 rings (SSSR count). The quantitative estimate of drug-likeness (QED) is 0.585. The van der Waals surface area contributed by atoms with Crippen LogP contribution in [0.15, 0.2) is 30.0 Å². The van der Waals surface area contributed by atoms with Crippen molar-refractivity contribution in [1.29, 1.82) is 5.26 Å². The molecule has 0 spiro atoms. The molecule has 1 aromatic carbocycles. The number of ether oxygens (including phenoxy) is 2. The molecule has 1 unspecified atom stereocenters. The fourth-order valence-corrected chi connectivity index (χ4v) is 2.21. The summed E-state index contributed by atoms with van der Waals surface area (Å²) in [4.78, 5) is 14.2. The number of carbonyl (C=O) groups excluding carboxylic acids is 1. The van der Waals surface area contributed by atoms with Crippen LogP contribution in [0.4, 0.5) is 0 Å². The second-order valence-electron chi connectivity index (χ2n) is 5.19. The zero-order valence-electron chi connectivity index (χ0n) is 14.9. The Morgan fingerprint density at radius 3 is 2.42 bits per heavy atom. The lowest BCUT2D eigenvalue weighted by atomic mass is 10.1. The normalized spacial score (nSPS) is 12.1. The van der Waals surface area contributed by atoms with Crippen LogP contribution in [0.1, 0.15) is 32.4 Å². The van der Waals surface area contributed by atoms with Crippen LogP contribution in [0.25, 0.3) is 0 Å². The second kappa shape index (κ2) is 9.46. The Labute approximate surface area is 143 Å². The Balaban J connectivity index is 2.92. The van der Waals surface area contributed by atoms with E-state index in [9.17, 15) is 10.1 Å². The minimum atomic E-state index is -0.397. The zero-order valence-corrected chi connectivity index (χ0v) is 14.9.